The van der Waals surface area contributed by atoms with Crippen LogP contribution in [0, 0.1) is 0 Å². The van der Waals surface area contributed by atoms with Crippen LogP contribution >= 0.6 is 0 Å². The highest BCUT2D eigenvalue weighted by Gasteiger charge is 2.29. The number of benzene rings is 8. The summed E-state index contributed by atoms with van der Waals surface area (Å²) in [6.45, 7) is 0. The largest absolute Gasteiger partial charge is 0.308 e. The summed E-state index contributed by atoms with van der Waals surface area (Å²) in [4.78, 5) is 10.8. The molecule has 4 heterocycles. The highest BCUT2D eigenvalue weighted by molar-refractivity contribution is 6.28. The first-order chi connectivity index (χ1) is 26.8. The molecule has 3 aromatic heterocycles. The van der Waals surface area contributed by atoms with Crippen molar-refractivity contribution in [3.8, 4) is 56.3 Å². The number of para-hydroxylation sites is 4. The molecule has 0 unspecified atom stereocenters. The van der Waals surface area contributed by atoms with Crippen LogP contribution in [-0.4, -0.2) is 19.1 Å². The van der Waals surface area contributed by atoms with Crippen LogP contribution in [0.4, 0.5) is 0 Å². The van der Waals surface area contributed by atoms with Crippen LogP contribution < -0.4 is 0 Å². The molecule has 4 heteroatoms. The van der Waals surface area contributed by atoms with Gasteiger partial charge in [-0.1, -0.05) is 152 Å². The Hall–Kier alpha value is -7.30. The molecule has 1 aliphatic heterocycles. The normalized spacial score (nSPS) is 12.1. The van der Waals surface area contributed by atoms with E-state index in [1.807, 2.05) is 0 Å². The van der Waals surface area contributed by atoms with Gasteiger partial charge in [0.15, 0.2) is 0 Å². The summed E-state index contributed by atoms with van der Waals surface area (Å²) in [6.07, 6.45) is 0. The lowest BCUT2D eigenvalue weighted by molar-refractivity contribution is 1.01. The highest BCUT2D eigenvalue weighted by Crippen LogP contribution is 2.51. The topological polar surface area (TPSA) is 35.6 Å². The van der Waals surface area contributed by atoms with E-state index in [-0.39, 0.29) is 0 Å². The van der Waals surface area contributed by atoms with E-state index in [9.17, 15) is 0 Å². The molecule has 0 radical (unpaired) electrons. The van der Waals surface area contributed by atoms with Gasteiger partial charge in [0.25, 0.3) is 0 Å². The van der Waals surface area contributed by atoms with E-state index in [0.29, 0.717) is 5.95 Å². The molecule has 0 bridgehead atoms. The first-order valence-electron chi connectivity index (χ1n) is 18.4. The zero-order chi connectivity index (χ0) is 35.3. The summed E-state index contributed by atoms with van der Waals surface area (Å²) >= 11 is 0. The van der Waals surface area contributed by atoms with E-state index in [1.165, 1.54) is 71.6 Å². The van der Waals surface area contributed by atoms with E-state index < -0.39 is 0 Å². The summed E-state index contributed by atoms with van der Waals surface area (Å²) in [5, 5.41) is 5.83. The number of aromatic nitrogens is 4. The summed E-state index contributed by atoms with van der Waals surface area (Å²) in [5.41, 5.74) is 15.9. The molecular weight excluding hydrogens is 657 g/mol. The van der Waals surface area contributed by atoms with Crippen LogP contribution in [-0.2, 0) is 0 Å². The minimum atomic E-state index is 0.655. The molecule has 0 N–H and O–H groups in total. The van der Waals surface area contributed by atoms with Gasteiger partial charge in [-0.05, 0) is 52.6 Å². The maximum atomic E-state index is 5.48. The lowest BCUT2D eigenvalue weighted by atomic mass is 9.91. The third-order valence-electron chi connectivity index (χ3n) is 11.3. The minimum absolute atomic E-state index is 0.655. The third-order valence-corrected chi connectivity index (χ3v) is 11.3. The van der Waals surface area contributed by atoms with Gasteiger partial charge in [0, 0.05) is 43.6 Å². The third kappa shape index (κ3) is 4.02. The van der Waals surface area contributed by atoms with Gasteiger partial charge in [-0.2, -0.15) is 0 Å². The van der Waals surface area contributed by atoms with Gasteiger partial charge >= 0.3 is 0 Å². The Kier molecular flexibility index (Phi) is 6.02. The first kappa shape index (κ1) is 29.3. The van der Waals surface area contributed by atoms with Crippen LogP contribution in [0.5, 0.6) is 0 Å². The molecule has 12 rings (SSSR count). The Morgan fingerprint density at radius 2 is 0.963 bits per heavy atom. The van der Waals surface area contributed by atoms with Crippen molar-refractivity contribution in [3.05, 3.63) is 182 Å². The standard InChI is InChI=1S/C50H30N4/c1-2-14-31(15-3-1)32-26-28-33(29-27-32)48-38-20-6-10-22-41(38)51-50(52-48)54-44-25-13-9-21-39(44)46-45(54)30-40-36-18-8-12-24-43(36)53-42-23-11-7-17-35(42)34-16-4-5-19-37(34)47(46)49(40)53/h1-30H. The van der Waals surface area contributed by atoms with E-state index in [4.69, 9.17) is 9.97 Å². The van der Waals surface area contributed by atoms with Crippen molar-refractivity contribution in [2.24, 2.45) is 0 Å². The molecule has 54 heavy (non-hydrogen) atoms. The monoisotopic (exact) mass is 686 g/mol. The smallest absolute Gasteiger partial charge is 0.235 e. The zero-order valence-electron chi connectivity index (χ0n) is 29.1. The van der Waals surface area contributed by atoms with Crippen molar-refractivity contribution >= 4 is 54.5 Å². The van der Waals surface area contributed by atoms with E-state index in [2.05, 4.69) is 191 Å². The van der Waals surface area contributed by atoms with Crippen molar-refractivity contribution < 1.29 is 0 Å². The van der Waals surface area contributed by atoms with Gasteiger partial charge in [-0.3, -0.25) is 4.57 Å². The zero-order valence-corrected chi connectivity index (χ0v) is 29.1. The fraction of sp³-hybridized carbons (Fsp3) is 0. The van der Waals surface area contributed by atoms with Crippen LogP contribution in [0.1, 0.15) is 0 Å². The van der Waals surface area contributed by atoms with E-state index >= 15 is 0 Å². The minimum Gasteiger partial charge on any atom is -0.308 e. The fourth-order valence-corrected chi connectivity index (χ4v) is 8.97. The first-order valence-corrected chi connectivity index (χ1v) is 18.4. The molecule has 0 aliphatic carbocycles. The van der Waals surface area contributed by atoms with Crippen LogP contribution in [0.2, 0.25) is 0 Å². The SMILES string of the molecule is c1ccc(-c2ccc(-c3nc(-n4c5ccccc5c5c6c7c(cc54)c4ccccc4n7-c4ccccc4-c4ccccc4-6)nc4ccccc34)cc2)cc1. The number of hydrogen-bond acceptors (Lipinski definition) is 2. The predicted molar refractivity (Wildman–Crippen MR) is 224 cm³/mol. The highest BCUT2D eigenvalue weighted by atomic mass is 15.2. The second-order valence-corrected chi connectivity index (χ2v) is 14.1. The van der Waals surface area contributed by atoms with Gasteiger partial charge < -0.3 is 4.57 Å². The van der Waals surface area contributed by atoms with Gasteiger partial charge in [-0.15, -0.1) is 0 Å². The molecule has 4 nitrogen and oxygen atoms in total. The molecule has 0 spiro atoms. The predicted octanol–water partition coefficient (Wildman–Crippen LogP) is 12.8. The number of rotatable bonds is 3. The molecule has 1 aliphatic rings. The average molecular weight is 687 g/mol. The van der Waals surface area contributed by atoms with Crippen LogP contribution in [0.25, 0.3) is 111 Å². The maximum Gasteiger partial charge on any atom is 0.235 e. The van der Waals surface area contributed by atoms with Crippen molar-refractivity contribution in [2.75, 3.05) is 0 Å². The van der Waals surface area contributed by atoms with Gasteiger partial charge in [0.05, 0.1) is 39.0 Å². The van der Waals surface area contributed by atoms with Crippen molar-refractivity contribution in [1.29, 1.82) is 0 Å². The Bertz CT molecular complexity index is 3310. The average Bonchev–Trinajstić information content (AvgIpc) is 3.71. The quantitative estimate of drug-likeness (QED) is 0.185. The molecule has 0 saturated carbocycles. The molecule has 11 aromatic rings. The number of hydrogen-bond donors (Lipinski definition) is 0. The van der Waals surface area contributed by atoms with Gasteiger partial charge in [-0.25, -0.2) is 9.97 Å². The van der Waals surface area contributed by atoms with Crippen molar-refractivity contribution in [1.82, 2.24) is 19.1 Å². The summed E-state index contributed by atoms with van der Waals surface area (Å²) < 4.78 is 4.78. The molecule has 0 saturated heterocycles. The fourth-order valence-electron chi connectivity index (χ4n) is 8.97. The molecular formula is C50H30N4. The van der Waals surface area contributed by atoms with Crippen LogP contribution in [0.3, 0.4) is 0 Å². The van der Waals surface area contributed by atoms with Gasteiger partial charge in [0.1, 0.15) is 0 Å². The lowest BCUT2D eigenvalue weighted by Gasteiger charge is -2.13. The summed E-state index contributed by atoms with van der Waals surface area (Å²) in [5.74, 6) is 0.655. The molecule has 8 aromatic carbocycles. The Labute approximate surface area is 310 Å². The Morgan fingerprint density at radius 3 is 1.78 bits per heavy atom. The lowest BCUT2D eigenvalue weighted by Crippen LogP contribution is -2.03. The Balaban J connectivity index is 1.22. The molecule has 0 atom stereocenters. The number of nitrogens with zero attached hydrogens (tertiary/aromatic N) is 4. The van der Waals surface area contributed by atoms with E-state index in [0.717, 1.165) is 33.2 Å². The van der Waals surface area contributed by atoms with E-state index in [1.54, 1.807) is 0 Å². The Morgan fingerprint density at radius 1 is 0.370 bits per heavy atom. The van der Waals surface area contributed by atoms with Crippen molar-refractivity contribution in [2.45, 2.75) is 0 Å². The number of fused-ring (bicyclic) bond motifs is 13. The van der Waals surface area contributed by atoms with Crippen LogP contribution in [0.15, 0.2) is 182 Å². The molecule has 0 amide bonds. The second-order valence-electron chi connectivity index (χ2n) is 14.1. The maximum absolute atomic E-state index is 5.48. The van der Waals surface area contributed by atoms with Crippen molar-refractivity contribution in [3.63, 3.8) is 0 Å². The van der Waals surface area contributed by atoms with Gasteiger partial charge in [0.2, 0.25) is 5.95 Å². The molecule has 0 fully saturated rings. The summed E-state index contributed by atoms with van der Waals surface area (Å²) in [6, 6.07) is 65.3. The second kappa shape index (κ2) is 11.1. The molecule has 250 valence electrons. The summed E-state index contributed by atoms with van der Waals surface area (Å²) in [7, 11) is 0.